The summed E-state index contributed by atoms with van der Waals surface area (Å²) in [5.41, 5.74) is 0.707. The lowest BCUT2D eigenvalue weighted by Crippen LogP contribution is -2.55. The van der Waals surface area contributed by atoms with Gasteiger partial charge in [-0.3, -0.25) is 9.59 Å². The zero-order chi connectivity index (χ0) is 15.1. The third kappa shape index (κ3) is 2.12. The number of hydrogen-bond acceptors (Lipinski definition) is 3. The summed E-state index contributed by atoms with van der Waals surface area (Å²) in [6.45, 7) is 2.22. The van der Waals surface area contributed by atoms with Crippen LogP contribution in [0.3, 0.4) is 0 Å². The molecule has 0 N–H and O–H groups in total. The highest BCUT2D eigenvalue weighted by molar-refractivity contribution is 5.94. The smallest absolute Gasteiger partial charge is 0.273 e. The van der Waals surface area contributed by atoms with Gasteiger partial charge < -0.3 is 14.4 Å². The normalized spacial score (nSPS) is 24.9. The molecule has 1 aromatic heterocycles. The number of nitrogens with zero attached hydrogens (tertiary/aromatic N) is 4. The summed E-state index contributed by atoms with van der Waals surface area (Å²) in [6, 6.07) is 0. The molecule has 2 amide bonds. The molecule has 0 saturated carbocycles. The number of fused-ring (bicyclic) bond motifs is 2. The second kappa shape index (κ2) is 5.41. The third-order valence-corrected chi connectivity index (χ3v) is 5.17. The SMILES string of the molecule is O=C1CCN(C(=O)c2cnc3n2CCCCC3)C2CCCN12. The highest BCUT2D eigenvalue weighted by Crippen LogP contribution is 2.28. The Morgan fingerprint density at radius 1 is 1.09 bits per heavy atom. The molecule has 0 bridgehead atoms. The van der Waals surface area contributed by atoms with E-state index in [1.54, 1.807) is 6.20 Å². The first kappa shape index (κ1) is 13.8. The monoisotopic (exact) mass is 302 g/mol. The molecule has 4 rings (SSSR count). The Kier molecular flexibility index (Phi) is 3.39. The first-order valence-electron chi connectivity index (χ1n) is 8.40. The van der Waals surface area contributed by atoms with E-state index >= 15 is 0 Å². The number of carbonyl (C=O) groups is 2. The lowest BCUT2D eigenvalue weighted by molar-refractivity contribution is -0.139. The molecule has 1 atom stereocenters. The first-order valence-corrected chi connectivity index (χ1v) is 8.40. The van der Waals surface area contributed by atoms with Crippen molar-refractivity contribution < 1.29 is 9.59 Å². The Morgan fingerprint density at radius 2 is 2.00 bits per heavy atom. The first-order chi connectivity index (χ1) is 10.8. The summed E-state index contributed by atoms with van der Waals surface area (Å²) >= 11 is 0. The molecular weight excluding hydrogens is 280 g/mol. The fourth-order valence-corrected chi connectivity index (χ4v) is 4.02. The van der Waals surface area contributed by atoms with Crippen molar-refractivity contribution in [3.8, 4) is 0 Å². The van der Waals surface area contributed by atoms with E-state index < -0.39 is 0 Å². The maximum Gasteiger partial charge on any atom is 0.273 e. The van der Waals surface area contributed by atoms with Gasteiger partial charge in [0.05, 0.1) is 6.20 Å². The van der Waals surface area contributed by atoms with Crippen molar-refractivity contribution in [2.24, 2.45) is 0 Å². The van der Waals surface area contributed by atoms with E-state index in [-0.39, 0.29) is 18.0 Å². The molecule has 2 saturated heterocycles. The van der Waals surface area contributed by atoms with Crippen LogP contribution in [0.1, 0.15) is 54.8 Å². The van der Waals surface area contributed by atoms with Crippen molar-refractivity contribution >= 4 is 11.8 Å². The highest BCUT2D eigenvalue weighted by Gasteiger charge is 2.40. The van der Waals surface area contributed by atoms with Crippen molar-refractivity contribution in [1.29, 1.82) is 0 Å². The molecule has 0 aromatic carbocycles. The topological polar surface area (TPSA) is 58.4 Å². The van der Waals surface area contributed by atoms with Crippen molar-refractivity contribution in [2.75, 3.05) is 13.1 Å². The molecular formula is C16H22N4O2. The summed E-state index contributed by atoms with van der Waals surface area (Å²) < 4.78 is 2.10. The Bertz CT molecular complexity index is 609. The molecule has 6 nitrogen and oxygen atoms in total. The molecule has 0 spiro atoms. The standard InChI is InChI=1S/C16H22N4O2/c21-15-7-10-20(14-6-4-9-19(14)15)16(22)12-11-17-13-5-2-1-3-8-18(12)13/h11,14H,1-10H2. The van der Waals surface area contributed by atoms with E-state index in [1.165, 1.54) is 6.42 Å². The lowest BCUT2D eigenvalue weighted by atomic mass is 10.2. The number of carbonyl (C=O) groups excluding carboxylic acids is 2. The van der Waals surface area contributed by atoms with Gasteiger partial charge in [-0.15, -0.1) is 0 Å². The van der Waals surface area contributed by atoms with Gasteiger partial charge >= 0.3 is 0 Å². The van der Waals surface area contributed by atoms with E-state index in [1.807, 2.05) is 9.80 Å². The second-order valence-corrected chi connectivity index (χ2v) is 6.48. The van der Waals surface area contributed by atoms with Crippen LogP contribution in [0.2, 0.25) is 0 Å². The Morgan fingerprint density at radius 3 is 2.91 bits per heavy atom. The van der Waals surface area contributed by atoms with Crippen molar-refractivity contribution in [1.82, 2.24) is 19.4 Å². The van der Waals surface area contributed by atoms with Crippen LogP contribution in [0.5, 0.6) is 0 Å². The van der Waals surface area contributed by atoms with Gasteiger partial charge in [-0.1, -0.05) is 6.42 Å². The van der Waals surface area contributed by atoms with Crippen LogP contribution in [0.4, 0.5) is 0 Å². The maximum atomic E-state index is 13.0. The van der Waals surface area contributed by atoms with Gasteiger partial charge in [0.2, 0.25) is 5.91 Å². The van der Waals surface area contributed by atoms with Gasteiger partial charge in [-0.05, 0) is 25.7 Å². The largest absolute Gasteiger partial charge is 0.324 e. The summed E-state index contributed by atoms with van der Waals surface area (Å²) in [5, 5.41) is 0. The minimum atomic E-state index is -0.0364. The molecule has 2 fully saturated rings. The highest BCUT2D eigenvalue weighted by atomic mass is 16.2. The van der Waals surface area contributed by atoms with E-state index in [0.717, 1.165) is 51.0 Å². The quantitative estimate of drug-likeness (QED) is 0.788. The third-order valence-electron chi connectivity index (χ3n) is 5.17. The Hall–Kier alpha value is -1.85. The molecule has 0 aliphatic carbocycles. The summed E-state index contributed by atoms with van der Waals surface area (Å²) in [4.78, 5) is 33.2. The van der Waals surface area contributed by atoms with Crippen LogP contribution >= 0.6 is 0 Å². The fraction of sp³-hybridized carbons (Fsp3) is 0.688. The van der Waals surface area contributed by atoms with Gasteiger partial charge in [-0.25, -0.2) is 4.98 Å². The summed E-state index contributed by atoms with van der Waals surface area (Å²) in [6.07, 6.45) is 8.46. The molecule has 3 aliphatic rings. The van der Waals surface area contributed by atoms with E-state index in [0.29, 0.717) is 18.7 Å². The Balaban J connectivity index is 1.62. The number of hydrogen-bond donors (Lipinski definition) is 0. The van der Waals surface area contributed by atoms with Crippen LogP contribution in [-0.2, 0) is 17.8 Å². The Labute approximate surface area is 130 Å². The molecule has 1 aromatic rings. The predicted molar refractivity (Wildman–Crippen MR) is 80.2 cm³/mol. The van der Waals surface area contributed by atoms with E-state index in [9.17, 15) is 9.59 Å². The minimum absolute atomic E-state index is 0.0364. The van der Waals surface area contributed by atoms with Gasteiger partial charge in [0.25, 0.3) is 5.91 Å². The fourth-order valence-electron chi connectivity index (χ4n) is 4.02. The minimum Gasteiger partial charge on any atom is -0.324 e. The van der Waals surface area contributed by atoms with E-state index in [4.69, 9.17) is 0 Å². The summed E-state index contributed by atoms with van der Waals surface area (Å²) in [7, 11) is 0. The molecule has 1 unspecified atom stereocenters. The second-order valence-electron chi connectivity index (χ2n) is 6.48. The molecule has 3 aliphatic heterocycles. The van der Waals surface area contributed by atoms with Crippen molar-refractivity contribution in [2.45, 2.75) is 57.7 Å². The molecule has 6 heteroatoms. The average molecular weight is 302 g/mol. The van der Waals surface area contributed by atoms with Crippen LogP contribution in [-0.4, -0.2) is 50.4 Å². The van der Waals surface area contributed by atoms with Gasteiger partial charge in [-0.2, -0.15) is 0 Å². The number of amides is 2. The number of aryl methyl sites for hydroxylation is 1. The van der Waals surface area contributed by atoms with Crippen LogP contribution in [0.15, 0.2) is 6.20 Å². The number of rotatable bonds is 1. The van der Waals surface area contributed by atoms with Crippen molar-refractivity contribution in [3.63, 3.8) is 0 Å². The van der Waals surface area contributed by atoms with Crippen molar-refractivity contribution in [3.05, 3.63) is 17.7 Å². The predicted octanol–water partition coefficient (Wildman–Crippen LogP) is 1.40. The maximum absolute atomic E-state index is 13.0. The van der Waals surface area contributed by atoms with Gasteiger partial charge in [0.1, 0.15) is 17.7 Å². The van der Waals surface area contributed by atoms with Crippen LogP contribution in [0, 0.1) is 0 Å². The number of aromatic nitrogens is 2. The molecule has 0 radical (unpaired) electrons. The van der Waals surface area contributed by atoms with Gasteiger partial charge in [0, 0.05) is 32.5 Å². The molecule has 22 heavy (non-hydrogen) atoms. The van der Waals surface area contributed by atoms with Crippen LogP contribution in [0.25, 0.3) is 0 Å². The zero-order valence-corrected chi connectivity index (χ0v) is 12.8. The zero-order valence-electron chi connectivity index (χ0n) is 12.8. The lowest BCUT2D eigenvalue weighted by Gasteiger charge is -2.39. The average Bonchev–Trinajstić information content (AvgIpc) is 3.10. The van der Waals surface area contributed by atoms with Crippen LogP contribution < -0.4 is 0 Å². The van der Waals surface area contributed by atoms with E-state index in [2.05, 4.69) is 9.55 Å². The number of imidazole rings is 1. The molecule has 118 valence electrons. The molecule has 4 heterocycles. The van der Waals surface area contributed by atoms with Gasteiger partial charge in [0.15, 0.2) is 0 Å². The summed E-state index contributed by atoms with van der Waals surface area (Å²) in [5.74, 6) is 1.28.